The number of rotatable bonds is 5. The topological polar surface area (TPSA) is 50.7 Å². The van der Waals surface area contributed by atoms with Crippen molar-refractivity contribution in [3.8, 4) is 11.5 Å². The van der Waals surface area contributed by atoms with E-state index >= 15 is 0 Å². The van der Waals surface area contributed by atoms with Gasteiger partial charge in [0, 0.05) is 18.2 Å². The van der Waals surface area contributed by atoms with Gasteiger partial charge in [-0.05, 0) is 80.4 Å². The lowest BCUT2D eigenvalue weighted by Crippen LogP contribution is -2.61. The van der Waals surface area contributed by atoms with Gasteiger partial charge in [0.15, 0.2) is 11.5 Å². The van der Waals surface area contributed by atoms with Gasteiger partial charge < -0.3 is 19.9 Å². The molecule has 1 aromatic rings. The summed E-state index contributed by atoms with van der Waals surface area (Å²) in [4.78, 5) is 0. The maximum absolute atomic E-state index is 11.0. The molecule has 0 radical (unpaired) electrons. The van der Waals surface area contributed by atoms with Crippen LogP contribution in [0.1, 0.15) is 51.0 Å². The summed E-state index contributed by atoms with van der Waals surface area (Å²) in [6.07, 6.45) is 9.20. The van der Waals surface area contributed by atoms with Crippen LogP contribution in [-0.4, -0.2) is 37.0 Å². The van der Waals surface area contributed by atoms with Crippen LogP contribution in [0.15, 0.2) is 23.8 Å². The number of hydrogen-bond donors (Lipinski definition) is 2. The number of hydrogen-bond acceptors (Lipinski definition) is 4. The van der Waals surface area contributed by atoms with Gasteiger partial charge in [-0.3, -0.25) is 0 Å². The quantitative estimate of drug-likeness (QED) is 0.829. The van der Waals surface area contributed by atoms with Gasteiger partial charge in [-0.2, -0.15) is 0 Å². The van der Waals surface area contributed by atoms with Crippen LogP contribution in [0, 0.1) is 17.3 Å². The van der Waals surface area contributed by atoms with Gasteiger partial charge in [-0.25, -0.2) is 0 Å². The molecule has 1 aliphatic heterocycles. The molecule has 0 spiro atoms. The molecule has 6 rings (SSSR count). The Bertz CT molecular complexity index is 757. The first-order chi connectivity index (χ1) is 13.0. The van der Waals surface area contributed by atoms with Crippen molar-refractivity contribution in [3.05, 3.63) is 29.3 Å². The Morgan fingerprint density at radius 3 is 2.74 bits per heavy atom. The Balaban J connectivity index is 1.29. The molecule has 4 aliphatic carbocycles. The number of fused-ring (bicyclic) bond motifs is 1. The smallest absolute Gasteiger partial charge is 0.168 e. The van der Waals surface area contributed by atoms with Gasteiger partial charge in [0.25, 0.3) is 0 Å². The molecule has 3 atom stereocenters. The van der Waals surface area contributed by atoms with Gasteiger partial charge in [-0.1, -0.05) is 12.1 Å². The predicted molar refractivity (Wildman–Crippen MR) is 106 cm³/mol. The van der Waals surface area contributed by atoms with E-state index < -0.39 is 0 Å². The van der Waals surface area contributed by atoms with Crippen molar-refractivity contribution in [2.24, 2.45) is 17.3 Å². The molecule has 0 aromatic heterocycles. The van der Waals surface area contributed by atoms with E-state index in [1.807, 2.05) is 12.1 Å². The Morgan fingerprint density at radius 2 is 2.04 bits per heavy atom. The van der Waals surface area contributed by atoms with E-state index in [9.17, 15) is 5.11 Å². The zero-order valence-electron chi connectivity index (χ0n) is 16.5. The zero-order chi connectivity index (χ0) is 18.6. The summed E-state index contributed by atoms with van der Waals surface area (Å²) in [5.41, 5.74) is 2.25. The minimum Gasteiger partial charge on any atom is -0.493 e. The highest BCUT2D eigenvalue weighted by Gasteiger charge is 2.58. The van der Waals surface area contributed by atoms with Crippen LogP contribution in [0.25, 0.3) is 6.08 Å². The third kappa shape index (κ3) is 2.98. The minimum atomic E-state index is -0.386. The molecule has 2 N–H and O–H groups in total. The molecule has 146 valence electrons. The molecule has 3 unspecified atom stereocenters. The molecule has 4 saturated carbocycles. The van der Waals surface area contributed by atoms with Crippen LogP contribution < -0.4 is 14.8 Å². The highest BCUT2D eigenvalue weighted by molar-refractivity contribution is 5.66. The van der Waals surface area contributed by atoms with E-state index in [1.54, 1.807) is 7.11 Å². The minimum absolute atomic E-state index is 0.274. The predicted octanol–water partition coefficient (Wildman–Crippen LogP) is 3.78. The van der Waals surface area contributed by atoms with Gasteiger partial charge >= 0.3 is 0 Å². The van der Waals surface area contributed by atoms with Gasteiger partial charge in [-0.15, -0.1) is 0 Å². The van der Waals surface area contributed by atoms with Crippen LogP contribution in [0.4, 0.5) is 0 Å². The van der Waals surface area contributed by atoms with Gasteiger partial charge in [0.05, 0.1) is 12.7 Å². The molecule has 27 heavy (non-hydrogen) atoms. The van der Waals surface area contributed by atoms with E-state index in [-0.39, 0.29) is 11.0 Å². The SMILES string of the molecule is COc1cccc2c1OCC(CNC(C)C13CC4CC(CC(O)(C4)C1)C3)=C2. The van der Waals surface area contributed by atoms with Crippen LogP contribution >= 0.6 is 0 Å². The number of para-hydroxylation sites is 1. The number of ether oxygens (including phenoxy) is 2. The fourth-order valence-electron chi connectivity index (χ4n) is 6.78. The second-order valence-corrected chi connectivity index (χ2v) is 9.62. The third-order valence-corrected chi connectivity index (χ3v) is 7.62. The molecular formula is C23H31NO3. The maximum atomic E-state index is 11.0. The van der Waals surface area contributed by atoms with Crippen molar-refractivity contribution in [1.29, 1.82) is 0 Å². The summed E-state index contributed by atoms with van der Waals surface area (Å²) >= 11 is 0. The molecule has 1 aromatic carbocycles. The molecule has 0 amide bonds. The van der Waals surface area contributed by atoms with E-state index in [1.165, 1.54) is 24.8 Å². The van der Waals surface area contributed by atoms with Gasteiger partial charge in [0.1, 0.15) is 6.61 Å². The van der Waals surface area contributed by atoms with E-state index in [0.29, 0.717) is 12.6 Å². The van der Waals surface area contributed by atoms with Crippen molar-refractivity contribution >= 4 is 6.08 Å². The van der Waals surface area contributed by atoms with E-state index in [4.69, 9.17) is 9.47 Å². The Hall–Kier alpha value is -1.52. The Labute approximate surface area is 161 Å². The molecule has 4 heteroatoms. The highest BCUT2D eigenvalue weighted by atomic mass is 16.5. The van der Waals surface area contributed by atoms with Crippen LogP contribution in [0.3, 0.4) is 0 Å². The maximum Gasteiger partial charge on any atom is 0.168 e. The second kappa shape index (κ2) is 6.25. The largest absolute Gasteiger partial charge is 0.493 e. The first-order valence-electron chi connectivity index (χ1n) is 10.4. The summed E-state index contributed by atoms with van der Waals surface area (Å²) in [6, 6.07) is 6.44. The Morgan fingerprint density at radius 1 is 1.26 bits per heavy atom. The monoisotopic (exact) mass is 369 g/mol. The molecule has 4 bridgehead atoms. The number of methoxy groups -OCH3 is 1. The lowest BCUT2D eigenvalue weighted by atomic mass is 9.46. The number of nitrogens with one attached hydrogen (secondary N) is 1. The Kier molecular flexibility index (Phi) is 4.07. The van der Waals surface area contributed by atoms with Gasteiger partial charge in [0.2, 0.25) is 0 Å². The number of aliphatic hydroxyl groups is 1. The molecule has 0 saturated heterocycles. The first-order valence-corrected chi connectivity index (χ1v) is 10.4. The normalized spacial score (nSPS) is 37.4. The standard InChI is InChI=1S/C23H31NO3/c1-15(22-8-16-6-17(9-22)11-23(25,10-16)14-22)24-12-18-7-19-4-3-5-20(26-2)21(19)27-13-18/h3-5,7,15-17,24-25H,6,8-14H2,1-2H3. The zero-order valence-corrected chi connectivity index (χ0v) is 16.5. The lowest BCUT2D eigenvalue weighted by Gasteiger charge is -2.62. The summed E-state index contributed by atoms with van der Waals surface area (Å²) in [5.74, 6) is 3.11. The van der Waals surface area contributed by atoms with Crippen LogP contribution in [0.2, 0.25) is 0 Å². The van der Waals surface area contributed by atoms with Crippen LogP contribution in [0.5, 0.6) is 11.5 Å². The van der Waals surface area contributed by atoms with E-state index in [2.05, 4.69) is 24.4 Å². The second-order valence-electron chi connectivity index (χ2n) is 9.62. The van der Waals surface area contributed by atoms with Crippen molar-refractivity contribution in [3.63, 3.8) is 0 Å². The fraction of sp³-hybridized carbons (Fsp3) is 0.652. The molecule has 1 heterocycles. The molecular weight excluding hydrogens is 338 g/mol. The van der Waals surface area contributed by atoms with Crippen molar-refractivity contribution in [1.82, 2.24) is 5.32 Å². The molecule has 4 nitrogen and oxygen atoms in total. The first kappa shape index (κ1) is 17.6. The lowest BCUT2D eigenvalue weighted by molar-refractivity contribution is -0.171. The summed E-state index contributed by atoms with van der Waals surface area (Å²) in [6.45, 7) is 3.78. The highest BCUT2D eigenvalue weighted by Crippen LogP contribution is 2.62. The van der Waals surface area contributed by atoms with E-state index in [0.717, 1.165) is 54.7 Å². The van der Waals surface area contributed by atoms with Crippen molar-refractivity contribution in [2.45, 2.75) is 57.1 Å². The van der Waals surface area contributed by atoms with Crippen molar-refractivity contribution in [2.75, 3.05) is 20.3 Å². The van der Waals surface area contributed by atoms with Crippen molar-refractivity contribution < 1.29 is 14.6 Å². The van der Waals surface area contributed by atoms with Crippen LogP contribution in [-0.2, 0) is 0 Å². The summed E-state index contributed by atoms with van der Waals surface area (Å²) in [5, 5.41) is 14.8. The summed E-state index contributed by atoms with van der Waals surface area (Å²) in [7, 11) is 1.68. The fourth-order valence-corrected chi connectivity index (χ4v) is 6.78. The average molecular weight is 370 g/mol. The molecule has 4 fully saturated rings. The molecule has 5 aliphatic rings. The third-order valence-electron chi connectivity index (χ3n) is 7.62. The number of benzene rings is 1. The average Bonchev–Trinajstić information content (AvgIpc) is 2.63. The summed E-state index contributed by atoms with van der Waals surface area (Å²) < 4.78 is 11.4.